The van der Waals surface area contributed by atoms with Gasteiger partial charge in [0.05, 0.1) is 5.51 Å². The molecule has 2 rings (SSSR count). The molecule has 0 saturated heterocycles. The number of rotatable bonds is 2. The van der Waals surface area contributed by atoms with Crippen LogP contribution in [0.5, 0.6) is 0 Å². The van der Waals surface area contributed by atoms with Crippen molar-refractivity contribution in [2.45, 2.75) is 12.1 Å². The highest BCUT2D eigenvalue weighted by atomic mass is 32.1. The third kappa shape index (κ3) is 2.24. The monoisotopic (exact) mass is 243 g/mol. The molecule has 1 atom stereocenters. The van der Waals surface area contributed by atoms with Crippen LogP contribution in [0, 0.1) is 0 Å². The third-order valence-corrected chi connectivity index (χ3v) is 3.04. The molecule has 1 unspecified atom stereocenters. The van der Waals surface area contributed by atoms with E-state index in [4.69, 9.17) is 0 Å². The second kappa shape index (κ2) is 4.25. The Morgan fingerprint density at radius 1 is 1.12 bits per heavy atom. The highest BCUT2D eigenvalue weighted by Gasteiger charge is 2.42. The largest absolute Gasteiger partial charge is 0.400 e. The maximum absolute atomic E-state index is 12.9. The number of hydrogen-bond acceptors (Lipinski definition) is 2. The van der Waals surface area contributed by atoms with Crippen molar-refractivity contribution in [3.63, 3.8) is 0 Å². The summed E-state index contributed by atoms with van der Waals surface area (Å²) < 4.78 is 38.8. The fourth-order valence-corrected chi connectivity index (χ4v) is 2.30. The molecule has 0 spiro atoms. The van der Waals surface area contributed by atoms with Crippen LogP contribution in [0.15, 0.2) is 42.0 Å². The van der Waals surface area contributed by atoms with Gasteiger partial charge < -0.3 is 0 Å². The Morgan fingerprint density at radius 2 is 1.81 bits per heavy atom. The molecule has 16 heavy (non-hydrogen) atoms. The Hall–Kier alpha value is -1.36. The summed E-state index contributed by atoms with van der Waals surface area (Å²) in [6, 6.07) is 7.88. The lowest BCUT2D eigenvalue weighted by Crippen LogP contribution is -2.21. The van der Waals surface area contributed by atoms with Gasteiger partial charge in [-0.25, -0.2) is 0 Å². The molecule has 1 heterocycles. The average Bonchev–Trinajstić information content (AvgIpc) is 2.71. The Balaban J connectivity index is 2.45. The Labute approximate surface area is 94.6 Å². The first kappa shape index (κ1) is 11.1. The predicted molar refractivity (Wildman–Crippen MR) is 56.5 cm³/mol. The number of nitrogens with zero attached hydrogens (tertiary/aromatic N) is 1. The van der Waals surface area contributed by atoms with Gasteiger partial charge in [0.15, 0.2) is 0 Å². The summed E-state index contributed by atoms with van der Waals surface area (Å²) in [5.41, 5.74) is 1.66. The smallest absolute Gasteiger partial charge is 0.253 e. The summed E-state index contributed by atoms with van der Waals surface area (Å²) in [5, 5.41) is 0. The molecule has 0 aliphatic carbocycles. The molecular formula is C11H8F3NS. The van der Waals surface area contributed by atoms with Crippen LogP contribution in [0.3, 0.4) is 0 Å². The zero-order chi connectivity index (χ0) is 11.6. The minimum Gasteiger partial charge on any atom is -0.253 e. The van der Waals surface area contributed by atoms with Gasteiger partial charge in [0.25, 0.3) is 0 Å². The zero-order valence-corrected chi connectivity index (χ0v) is 8.92. The van der Waals surface area contributed by atoms with E-state index in [1.54, 1.807) is 18.2 Å². The highest BCUT2D eigenvalue weighted by Crippen LogP contribution is 2.41. The molecule has 1 nitrogen and oxygen atoms in total. The van der Waals surface area contributed by atoms with Gasteiger partial charge >= 0.3 is 6.18 Å². The van der Waals surface area contributed by atoms with Crippen molar-refractivity contribution in [2.24, 2.45) is 0 Å². The summed E-state index contributed by atoms with van der Waals surface area (Å²) >= 11 is 1.02. The Kier molecular flexibility index (Phi) is 2.96. The summed E-state index contributed by atoms with van der Waals surface area (Å²) in [7, 11) is 0. The van der Waals surface area contributed by atoms with Crippen LogP contribution >= 0.6 is 11.3 Å². The molecule has 0 saturated carbocycles. The highest BCUT2D eigenvalue weighted by molar-refractivity contribution is 7.09. The Bertz CT molecular complexity index is 436. The Morgan fingerprint density at radius 3 is 2.31 bits per heavy atom. The second-order valence-electron chi connectivity index (χ2n) is 3.29. The van der Waals surface area contributed by atoms with Gasteiger partial charge in [0, 0.05) is 11.1 Å². The van der Waals surface area contributed by atoms with Crippen molar-refractivity contribution in [1.82, 2.24) is 4.98 Å². The van der Waals surface area contributed by atoms with E-state index in [-0.39, 0.29) is 10.4 Å². The standard InChI is InChI=1S/C11H8F3NS/c12-11(13,14)10(9-6-15-7-16-9)8-4-2-1-3-5-8/h1-7,10H. The van der Waals surface area contributed by atoms with E-state index in [0.29, 0.717) is 0 Å². The maximum atomic E-state index is 12.9. The van der Waals surface area contributed by atoms with E-state index < -0.39 is 12.1 Å². The van der Waals surface area contributed by atoms with Gasteiger partial charge in [-0.05, 0) is 5.56 Å². The van der Waals surface area contributed by atoms with Gasteiger partial charge in [0.2, 0.25) is 0 Å². The number of hydrogen-bond donors (Lipinski definition) is 0. The molecule has 2 aromatic rings. The molecule has 0 radical (unpaired) electrons. The van der Waals surface area contributed by atoms with E-state index in [1.165, 1.54) is 23.8 Å². The first-order chi connectivity index (χ1) is 7.59. The summed E-state index contributed by atoms with van der Waals surface area (Å²) in [6.07, 6.45) is -3.01. The lowest BCUT2D eigenvalue weighted by atomic mass is 9.97. The minimum absolute atomic E-state index is 0.221. The van der Waals surface area contributed by atoms with Crippen LogP contribution < -0.4 is 0 Å². The summed E-state index contributed by atoms with van der Waals surface area (Å²) in [6.45, 7) is 0. The van der Waals surface area contributed by atoms with Crippen LogP contribution in [0.1, 0.15) is 16.4 Å². The van der Waals surface area contributed by atoms with Gasteiger partial charge in [-0.1, -0.05) is 30.3 Å². The van der Waals surface area contributed by atoms with Crippen molar-refractivity contribution in [2.75, 3.05) is 0 Å². The number of alkyl halides is 3. The molecule has 1 aromatic heterocycles. The van der Waals surface area contributed by atoms with Crippen molar-refractivity contribution >= 4 is 11.3 Å². The van der Waals surface area contributed by atoms with Crippen LogP contribution in [0.2, 0.25) is 0 Å². The number of benzene rings is 1. The molecule has 0 N–H and O–H groups in total. The molecule has 1 aromatic carbocycles. The fraction of sp³-hybridized carbons (Fsp3) is 0.182. The molecule has 0 aliphatic rings. The van der Waals surface area contributed by atoms with Crippen LogP contribution in [-0.2, 0) is 0 Å². The van der Waals surface area contributed by atoms with Gasteiger partial charge in [-0.2, -0.15) is 13.2 Å². The maximum Gasteiger partial charge on any atom is 0.400 e. The number of halogens is 3. The molecule has 0 aliphatic heterocycles. The molecule has 0 bridgehead atoms. The first-order valence-corrected chi connectivity index (χ1v) is 5.47. The van der Waals surface area contributed by atoms with Gasteiger partial charge in [-0.15, -0.1) is 11.3 Å². The fourth-order valence-electron chi connectivity index (χ4n) is 1.53. The van der Waals surface area contributed by atoms with E-state index in [1.807, 2.05) is 0 Å². The van der Waals surface area contributed by atoms with Crippen LogP contribution in [0.4, 0.5) is 13.2 Å². The molecular weight excluding hydrogens is 235 g/mol. The lowest BCUT2D eigenvalue weighted by Gasteiger charge is -2.18. The molecule has 5 heteroatoms. The van der Waals surface area contributed by atoms with Crippen molar-refractivity contribution in [3.8, 4) is 0 Å². The number of aromatic nitrogens is 1. The normalized spacial score (nSPS) is 13.7. The van der Waals surface area contributed by atoms with Gasteiger partial charge in [-0.3, -0.25) is 4.98 Å². The zero-order valence-electron chi connectivity index (χ0n) is 8.11. The van der Waals surface area contributed by atoms with Crippen molar-refractivity contribution in [3.05, 3.63) is 52.5 Å². The molecule has 84 valence electrons. The van der Waals surface area contributed by atoms with Crippen molar-refractivity contribution in [1.29, 1.82) is 0 Å². The van der Waals surface area contributed by atoms with Gasteiger partial charge in [0.1, 0.15) is 5.92 Å². The lowest BCUT2D eigenvalue weighted by molar-refractivity contribution is -0.140. The first-order valence-electron chi connectivity index (χ1n) is 4.59. The second-order valence-corrected chi connectivity index (χ2v) is 4.21. The van der Waals surface area contributed by atoms with E-state index in [2.05, 4.69) is 4.98 Å². The summed E-state index contributed by atoms with van der Waals surface area (Å²) in [5.74, 6) is -1.57. The van der Waals surface area contributed by atoms with E-state index in [9.17, 15) is 13.2 Å². The molecule has 0 fully saturated rings. The third-order valence-electron chi connectivity index (χ3n) is 2.20. The van der Waals surface area contributed by atoms with Crippen LogP contribution in [-0.4, -0.2) is 11.2 Å². The quantitative estimate of drug-likeness (QED) is 0.781. The minimum atomic E-state index is -4.28. The van der Waals surface area contributed by atoms with Crippen molar-refractivity contribution < 1.29 is 13.2 Å². The van der Waals surface area contributed by atoms with Crippen LogP contribution in [0.25, 0.3) is 0 Å². The SMILES string of the molecule is FC(F)(F)C(c1ccccc1)c1cncs1. The summed E-state index contributed by atoms with van der Waals surface area (Å²) in [4.78, 5) is 3.92. The van der Waals surface area contributed by atoms with E-state index >= 15 is 0 Å². The topological polar surface area (TPSA) is 12.9 Å². The predicted octanol–water partition coefficient (Wildman–Crippen LogP) is 3.84. The number of thiazole rings is 1. The van der Waals surface area contributed by atoms with E-state index in [0.717, 1.165) is 11.3 Å². The average molecular weight is 243 g/mol. The molecule has 0 amide bonds.